The van der Waals surface area contributed by atoms with Crippen molar-refractivity contribution in [3.8, 4) is 6.07 Å². The van der Waals surface area contributed by atoms with Crippen molar-refractivity contribution in [1.29, 1.82) is 5.26 Å². The van der Waals surface area contributed by atoms with E-state index in [1.54, 1.807) is 0 Å². The molecule has 0 aliphatic rings. The molecule has 3 nitrogen and oxygen atoms in total. The van der Waals surface area contributed by atoms with Crippen molar-refractivity contribution in [3.05, 3.63) is 35.4 Å². The number of nitrogens with zero attached hydrogens (tertiary/aromatic N) is 1. The third-order valence-electron chi connectivity index (χ3n) is 3.01. The minimum atomic E-state index is -0.00451. The molecule has 0 aliphatic carbocycles. The van der Waals surface area contributed by atoms with Crippen molar-refractivity contribution in [2.75, 3.05) is 0 Å². The highest BCUT2D eigenvalue weighted by Gasteiger charge is 2.08. The van der Waals surface area contributed by atoms with Crippen LogP contribution in [0.25, 0.3) is 0 Å². The Balaban J connectivity index is 2.29. The van der Waals surface area contributed by atoms with Crippen LogP contribution in [0.2, 0.25) is 0 Å². The Morgan fingerprint density at radius 2 is 2.06 bits per heavy atom. The molecule has 0 fully saturated rings. The van der Waals surface area contributed by atoms with Gasteiger partial charge in [0.15, 0.2) is 0 Å². The number of carbonyl (C=O) groups excluding carboxylic acids is 1. The van der Waals surface area contributed by atoms with E-state index in [0.717, 1.165) is 12.0 Å². The minimum absolute atomic E-state index is 0.00451. The number of hydrogen-bond acceptors (Lipinski definition) is 2. The number of rotatable bonds is 6. The maximum atomic E-state index is 11.6. The first-order valence-electron chi connectivity index (χ1n) is 6.37. The van der Waals surface area contributed by atoms with Crippen LogP contribution in [-0.2, 0) is 11.3 Å². The molecule has 1 N–H and O–H groups in total. The van der Waals surface area contributed by atoms with E-state index in [1.165, 1.54) is 5.56 Å². The predicted molar refractivity (Wildman–Crippen MR) is 71.7 cm³/mol. The molecule has 1 aromatic rings. The molecule has 0 bridgehead atoms. The van der Waals surface area contributed by atoms with Gasteiger partial charge < -0.3 is 5.32 Å². The first-order valence-corrected chi connectivity index (χ1v) is 6.37. The van der Waals surface area contributed by atoms with Crippen LogP contribution in [0.15, 0.2) is 24.3 Å². The lowest BCUT2D eigenvalue weighted by Gasteiger charge is -2.07. The number of nitrogens with one attached hydrogen (secondary N) is 1. The van der Waals surface area contributed by atoms with Crippen LogP contribution in [-0.4, -0.2) is 5.91 Å². The van der Waals surface area contributed by atoms with Crippen molar-refractivity contribution >= 4 is 5.91 Å². The summed E-state index contributed by atoms with van der Waals surface area (Å²) >= 11 is 0. The van der Waals surface area contributed by atoms with Crippen LogP contribution in [0.1, 0.15) is 37.3 Å². The standard InChI is InChI=1S/C15H20N2O/c1-3-13(10-16)8-9-15(18)17-11-14-6-4-12(2)5-7-14/h4-7,13H,3,8-9,11H2,1-2H3,(H,17,18). The molecule has 96 valence electrons. The molecule has 0 radical (unpaired) electrons. The third-order valence-corrected chi connectivity index (χ3v) is 3.01. The van der Waals surface area contributed by atoms with Gasteiger partial charge in [0, 0.05) is 18.9 Å². The Morgan fingerprint density at radius 3 is 2.61 bits per heavy atom. The molecule has 0 saturated carbocycles. The zero-order valence-corrected chi connectivity index (χ0v) is 11.1. The number of hydrogen-bond donors (Lipinski definition) is 1. The van der Waals surface area contributed by atoms with Gasteiger partial charge in [-0.1, -0.05) is 36.8 Å². The Kier molecular flexibility index (Phi) is 5.93. The molecular formula is C15H20N2O. The van der Waals surface area contributed by atoms with Crippen LogP contribution in [0.5, 0.6) is 0 Å². The van der Waals surface area contributed by atoms with Crippen molar-refractivity contribution in [1.82, 2.24) is 5.32 Å². The summed E-state index contributed by atoms with van der Waals surface area (Å²) in [6, 6.07) is 10.3. The third kappa shape index (κ3) is 5.01. The van der Waals surface area contributed by atoms with E-state index in [2.05, 4.69) is 11.4 Å². The normalized spacial score (nSPS) is 11.6. The van der Waals surface area contributed by atoms with Crippen molar-refractivity contribution < 1.29 is 4.79 Å². The monoisotopic (exact) mass is 244 g/mol. The lowest BCUT2D eigenvalue weighted by Crippen LogP contribution is -2.23. The van der Waals surface area contributed by atoms with Gasteiger partial charge in [-0.2, -0.15) is 5.26 Å². The van der Waals surface area contributed by atoms with Gasteiger partial charge in [0.25, 0.3) is 0 Å². The van der Waals surface area contributed by atoms with Crippen molar-refractivity contribution in [2.45, 2.75) is 39.7 Å². The first kappa shape index (κ1) is 14.2. The second-order valence-corrected chi connectivity index (χ2v) is 4.54. The van der Waals surface area contributed by atoms with Crippen molar-refractivity contribution in [2.24, 2.45) is 5.92 Å². The van der Waals surface area contributed by atoms with Gasteiger partial charge in [-0.25, -0.2) is 0 Å². The topological polar surface area (TPSA) is 52.9 Å². The van der Waals surface area contributed by atoms with Crippen LogP contribution >= 0.6 is 0 Å². The number of nitriles is 1. The second-order valence-electron chi connectivity index (χ2n) is 4.54. The SMILES string of the molecule is CCC(C#N)CCC(=O)NCc1ccc(C)cc1. The Labute approximate surface area is 109 Å². The molecular weight excluding hydrogens is 224 g/mol. The van der Waals surface area contributed by atoms with E-state index >= 15 is 0 Å². The maximum Gasteiger partial charge on any atom is 0.220 e. The quantitative estimate of drug-likeness (QED) is 0.836. The summed E-state index contributed by atoms with van der Waals surface area (Å²) in [5, 5.41) is 11.7. The Bertz CT molecular complexity index is 417. The fourth-order valence-electron chi connectivity index (χ4n) is 1.66. The highest BCUT2D eigenvalue weighted by molar-refractivity contribution is 5.75. The van der Waals surface area contributed by atoms with E-state index in [9.17, 15) is 4.79 Å². The van der Waals surface area contributed by atoms with Crippen LogP contribution in [0, 0.1) is 24.2 Å². The van der Waals surface area contributed by atoms with Crippen LogP contribution < -0.4 is 5.32 Å². The van der Waals surface area contributed by atoms with E-state index < -0.39 is 0 Å². The predicted octanol–water partition coefficient (Wildman–Crippen LogP) is 2.94. The average Bonchev–Trinajstić information content (AvgIpc) is 2.39. The summed E-state index contributed by atoms with van der Waals surface area (Å²) < 4.78 is 0. The van der Waals surface area contributed by atoms with Gasteiger partial charge in [0.1, 0.15) is 0 Å². The van der Waals surface area contributed by atoms with E-state index in [-0.39, 0.29) is 11.8 Å². The largest absolute Gasteiger partial charge is 0.352 e. The van der Waals surface area contributed by atoms with Gasteiger partial charge in [-0.05, 0) is 25.3 Å². The lowest BCUT2D eigenvalue weighted by molar-refractivity contribution is -0.121. The van der Waals surface area contributed by atoms with Gasteiger partial charge >= 0.3 is 0 Å². The van der Waals surface area contributed by atoms with E-state index in [0.29, 0.717) is 19.4 Å². The second kappa shape index (κ2) is 7.50. The fourth-order valence-corrected chi connectivity index (χ4v) is 1.66. The molecule has 1 aromatic carbocycles. The molecule has 3 heteroatoms. The van der Waals surface area contributed by atoms with Gasteiger partial charge in [-0.3, -0.25) is 4.79 Å². The molecule has 1 rings (SSSR count). The molecule has 0 aliphatic heterocycles. The lowest BCUT2D eigenvalue weighted by atomic mass is 10.0. The fraction of sp³-hybridized carbons (Fsp3) is 0.467. The van der Waals surface area contributed by atoms with Gasteiger partial charge in [0.2, 0.25) is 5.91 Å². The smallest absolute Gasteiger partial charge is 0.220 e. The van der Waals surface area contributed by atoms with E-state index in [4.69, 9.17) is 5.26 Å². The van der Waals surface area contributed by atoms with E-state index in [1.807, 2.05) is 38.1 Å². The molecule has 0 spiro atoms. The zero-order chi connectivity index (χ0) is 13.4. The number of aryl methyl sites for hydroxylation is 1. The number of amides is 1. The summed E-state index contributed by atoms with van der Waals surface area (Å²) in [6.45, 7) is 4.57. The highest BCUT2D eigenvalue weighted by atomic mass is 16.1. The summed E-state index contributed by atoms with van der Waals surface area (Å²) in [5.41, 5.74) is 2.31. The maximum absolute atomic E-state index is 11.6. The Morgan fingerprint density at radius 1 is 1.39 bits per heavy atom. The molecule has 0 saturated heterocycles. The summed E-state index contributed by atoms with van der Waals surface area (Å²) in [4.78, 5) is 11.6. The highest BCUT2D eigenvalue weighted by Crippen LogP contribution is 2.09. The first-order chi connectivity index (χ1) is 8.65. The van der Waals surface area contributed by atoms with Crippen LogP contribution in [0.3, 0.4) is 0 Å². The molecule has 0 heterocycles. The molecule has 0 aromatic heterocycles. The molecule has 1 unspecified atom stereocenters. The number of benzene rings is 1. The van der Waals surface area contributed by atoms with Gasteiger partial charge in [-0.15, -0.1) is 0 Å². The number of carbonyl (C=O) groups is 1. The molecule has 18 heavy (non-hydrogen) atoms. The van der Waals surface area contributed by atoms with Crippen LogP contribution in [0.4, 0.5) is 0 Å². The van der Waals surface area contributed by atoms with Crippen molar-refractivity contribution in [3.63, 3.8) is 0 Å². The average molecular weight is 244 g/mol. The molecule has 1 amide bonds. The zero-order valence-electron chi connectivity index (χ0n) is 11.1. The molecule has 1 atom stereocenters. The van der Waals surface area contributed by atoms with Gasteiger partial charge in [0.05, 0.1) is 6.07 Å². The summed E-state index contributed by atoms with van der Waals surface area (Å²) in [6.07, 6.45) is 1.88. The minimum Gasteiger partial charge on any atom is -0.352 e. The summed E-state index contributed by atoms with van der Waals surface area (Å²) in [7, 11) is 0. The Hall–Kier alpha value is -1.82. The summed E-state index contributed by atoms with van der Waals surface area (Å²) in [5.74, 6) is 0.0133.